The molecule has 4 aromatic rings. The third-order valence-corrected chi connectivity index (χ3v) is 4.36. The molecule has 8 heteroatoms. The molecule has 1 N–H and O–H groups in total. The molecule has 0 radical (unpaired) electrons. The molecule has 7 nitrogen and oxygen atoms in total. The van der Waals surface area contributed by atoms with E-state index >= 15 is 0 Å². The lowest BCUT2D eigenvalue weighted by atomic mass is 10.2. The highest BCUT2D eigenvalue weighted by Crippen LogP contribution is 2.20. The zero-order chi connectivity index (χ0) is 17.8. The second-order valence-corrected chi connectivity index (χ2v) is 6.23. The van der Waals surface area contributed by atoms with Crippen LogP contribution in [0, 0.1) is 0 Å². The summed E-state index contributed by atoms with van der Waals surface area (Å²) in [4.78, 5) is 16.0. The van der Waals surface area contributed by atoms with Gasteiger partial charge < -0.3 is 5.32 Å². The fraction of sp³-hybridized carbons (Fsp3) is 0.0556. The molecule has 0 aliphatic heterocycles. The van der Waals surface area contributed by atoms with Crippen LogP contribution in [0.3, 0.4) is 0 Å². The van der Waals surface area contributed by atoms with Gasteiger partial charge in [-0.3, -0.25) is 9.78 Å². The van der Waals surface area contributed by atoms with E-state index in [0.29, 0.717) is 11.5 Å². The van der Waals surface area contributed by atoms with E-state index in [1.165, 1.54) is 6.08 Å². The second kappa shape index (κ2) is 7.24. The smallest absolute Gasteiger partial charge is 0.244 e. The molecular formula is C18H14N6OS. The summed E-state index contributed by atoms with van der Waals surface area (Å²) in [6.07, 6.45) is 6.54. The summed E-state index contributed by atoms with van der Waals surface area (Å²) >= 11 is 1.61. The number of carbonyl (C=O) groups is 1. The summed E-state index contributed by atoms with van der Waals surface area (Å²) in [6, 6.07) is 9.47. The van der Waals surface area contributed by atoms with Crippen molar-refractivity contribution in [1.82, 2.24) is 30.1 Å². The Kier molecular flexibility index (Phi) is 4.48. The van der Waals surface area contributed by atoms with Crippen LogP contribution >= 0.6 is 11.3 Å². The number of pyridine rings is 1. The van der Waals surface area contributed by atoms with Crippen molar-refractivity contribution in [1.29, 1.82) is 0 Å². The quantitative estimate of drug-likeness (QED) is 0.552. The molecule has 0 fully saturated rings. The van der Waals surface area contributed by atoms with Crippen molar-refractivity contribution in [2.45, 2.75) is 6.54 Å². The SMILES string of the molecule is O=C(C=Cc1cccnc1)NCc1nnc2ccc(-c3ccsc3)nn12. The Morgan fingerprint density at radius 2 is 2.19 bits per heavy atom. The lowest BCUT2D eigenvalue weighted by Crippen LogP contribution is -2.22. The molecule has 0 aliphatic rings. The number of rotatable bonds is 5. The van der Waals surface area contributed by atoms with E-state index in [2.05, 4.69) is 25.6 Å². The Bertz CT molecular complexity index is 1060. The number of carbonyl (C=O) groups excluding carboxylic acids is 1. The van der Waals surface area contributed by atoms with Gasteiger partial charge in [-0.25, -0.2) is 0 Å². The van der Waals surface area contributed by atoms with Crippen LogP contribution in [0.25, 0.3) is 23.0 Å². The maximum atomic E-state index is 12.0. The van der Waals surface area contributed by atoms with Gasteiger partial charge in [0.1, 0.15) is 0 Å². The number of nitrogens with one attached hydrogen (secondary N) is 1. The minimum atomic E-state index is -0.223. The maximum Gasteiger partial charge on any atom is 0.244 e. The predicted octanol–water partition coefficient (Wildman–Crippen LogP) is 2.58. The Morgan fingerprint density at radius 1 is 1.23 bits per heavy atom. The van der Waals surface area contributed by atoms with Crippen LogP contribution in [0.4, 0.5) is 0 Å². The number of fused-ring (bicyclic) bond motifs is 1. The molecule has 0 spiro atoms. The normalized spacial score (nSPS) is 11.2. The minimum absolute atomic E-state index is 0.223. The molecular weight excluding hydrogens is 348 g/mol. The van der Waals surface area contributed by atoms with Crippen molar-refractivity contribution < 1.29 is 4.79 Å². The lowest BCUT2D eigenvalue weighted by molar-refractivity contribution is -0.116. The summed E-state index contributed by atoms with van der Waals surface area (Å²) in [7, 11) is 0. The van der Waals surface area contributed by atoms with Crippen molar-refractivity contribution in [3.8, 4) is 11.3 Å². The highest BCUT2D eigenvalue weighted by molar-refractivity contribution is 7.08. The molecule has 0 aromatic carbocycles. The molecule has 0 aliphatic carbocycles. The number of nitrogens with zero attached hydrogens (tertiary/aromatic N) is 5. The number of hydrogen-bond donors (Lipinski definition) is 1. The van der Waals surface area contributed by atoms with E-state index < -0.39 is 0 Å². The molecule has 1 amide bonds. The Labute approximate surface area is 153 Å². The first-order chi connectivity index (χ1) is 12.8. The van der Waals surface area contributed by atoms with E-state index in [9.17, 15) is 4.79 Å². The summed E-state index contributed by atoms with van der Waals surface area (Å²) < 4.78 is 1.65. The topological polar surface area (TPSA) is 85.1 Å². The molecule has 4 heterocycles. The Hall–Kier alpha value is -3.39. The highest BCUT2D eigenvalue weighted by Gasteiger charge is 2.09. The molecule has 128 valence electrons. The van der Waals surface area contributed by atoms with Gasteiger partial charge in [0.15, 0.2) is 11.5 Å². The molecule has 0 saturated carbocycles. The van der Waals surface area contributed by atoms with Crippen molar-refractivity contribution in [2.75, 3.05) is 0 Å². The van der Waals surface area contributed by atoms with Gasteiger partial charge in [-0.05, 0) is 41.3 Å². The van der Waals surface area contributed by atoms with Crippen LogP contribution < -0.4 is 5.32 Å². The van der Waals surface area contributed by atoms with Crippen LogP contribution in [0.5, 0.6) is 0 Å². The van der Waals surface area contributed by atoms with E-state index in [-0.39, 0.29) is 12.5 Å². The van der Waals surface area contributed by atoms with E-state index in [4.69, 9.17) is 0 Å². The number of amides is 1. The first kappa shape index (κ1) is 16.1. The third-order valence-electron chi connectivity index (χ3n) is 3.68. The van der Waals surface area contributed by atoms with Crippen LogP contribution in [-0.2, 0) is 11.3 Å². The Morgan fingerprint density at radius 3 is 3.00 bits per heavy atom. The predicted molar refractivity (Wildman–Crippen MR) is 99.2 cm³/mol. The lowest BCUT2D eigenvalue weighted by Gasteiger charge is -2.02. The standard InChI is InChI=1S/C18H14N6OS/c25-18(6-3-13-2-1-8-19-10-13)20-11-17-22-21-16-5-4-15(23-24(16)17)14-7-9-26-12-14/h1-10,12H,11H2,(H,20,25). The van der Waals surface area contributed by atoms with E-state index in [0.717, 1.165) is 16.8 Å². The van der Waals surface area contributed by atoms with E-state index in [1.807, 2.05) is 41.1 Å². The summed E-state index contributed by atoms with van der Waals surface area (Å²) in [5, 5.41) is 19.6. The highest BCUT2D eigenvalue weighted by atomic mass is 32.1. The van der Waals surface area contributed by atoms with Crippen LogP contribution in [0.15, 0.2) is 59.6 Å². The largest absolute Gasteiger partial charge is 0.345 e. The molecule has 0 bridgehead atoms. The molecule has 0 saturated heterocycles. The minimum Gasteiger partial charge on any atom is -0.345 e. The fourth-order valence-electron chi connectivity index (χ4n) is 2.38. The summed E-state index contributed by atoms with van der Waals surface area (Å²) in [5.74, 6) is 0.347. The van der Waals surface area contributed by atoms with Gasteiger partial charge in [0, 0.05) is 29.4 Å². The average Bonchev–Trinajstić information content (AvgIpc) is 3.35. The van der Waals surface area contributed by atoms with Gasteiger partial charge in [-0.2, -0.15) is 21.0 Å². The van der Waals surface area contributed by atoms with E-state index in [1.54, 1.807) is 34.3 Å². The van der Waals surface area contributed by atoms with Crippen LogP contribution in [0.2, 0.25) is 0 Å². The number of hydrogen-bond acceptors (Lipinski definition) is 6. The molecule has 4 aromatic heterocycles. The zero-order valence-corrected chi connectivity index (χ0v) is 14.4. The van der Waals surface area contributed by atoms with Crippen molar-refractivity contribution in [3.05, 3.63) is 70.9 Å². The monoisotopic (exact) mass is 362 g/mol. The molecule has 26 heavy (non-hydrogen) atoms. The molecule has 4 rings (SSSR count). The van der Waals surface area contributed by atoms with Gasteiger partial charge in [0.2, 0.25) is 5.91 Å². The first-order valence-electron chi connectivity index (χ1n) is 7.89. The summed E-state index contributed by atoms with van der Waals surface area (Å²) in [6.45, 7) is 0.234. The van der Waals surface area contributed by atoms with Crippen molar-refractivity contribution in [3.63, 3.8) is 0 Å². The fourth-order valence-corrected chi connectivity index (χ4v) is 3.03. The van der Waals surface area contributed by atoms with Gasteiger partial charge >= 0.3 is 0 Å². The number of thiophene rings is 1. The van der Waals surface area contributed by atoms with Gasteiger partial charge in [-0.15, -0.1) is 10.2 Å². The van der Waals surface area contributed by atoms with Crippen LogP contribution in [0.1, 0.15) is 11.4 Å². The molecule has 0 atom stereocenters. The third kappa shape index (κ3) is 3.50. The van der Waals surface area contributed by atoms with Crippen LogP contribution in [-0.4, -0.2) is 30.7 Å². The second-order valence-electron chi connectivity index (χ2n) is 5.45. The molecule has 0 unspecified atom stereocenters. The van der Waals surface area contributed by atoms with Crippen molar-refractivity contribution >= 4 is 29.0 Å². The average molecular weight is 362 g/mol. The number of aromatic nitrogens is 5. The maximum absolute atomic E-state index is 12.0. The van der Waals surface area contributed by atoms with Crippen molar-refractivity contribution in [2.24, 2.45) is 0 Å². The van der Waals surface area contributed by atoms with Gasteiger partial charge in [-0.1, -0.05) is 6.07 Å². The van der Waals surface area contributed by atoms with Gasteiger partial charge in [0.25, 0.3) is 0 Å². The summed E-state index contributed by atoms with van der Waals surface area (Å²) in [5.41, 5.74) is 3.37. The first-order valence-corrected chi connectivity index (χ1v) is 8.84. The van der Waals surface area contributed by atoms with Gasteiger partial charge in [0.05, 0.1) is 12.2 Å². The Balaban J connectivity index is 1.48. The zero-order valence-electron chi connectivity index (χ0n) is 13.6.